The highest BCUT2D eigenvalue weighted by Gasteiger charge is 2.21. The van der Waals surface area contributed by atoms with E-state index in [-0.39, 0.29) is 25.5 Å². The van der Waals surface area contributed by atoms with Crippen molar-refractivity contribution in [3.05, 3.63) is 35.9 Å². The maximum atomic E-state index is 12.1. The fourth-order valence-electron chi connectivity index (χ4n) is 2.34. The van der Waals surface area contributed by atoms with Gasteiger partial charge in [-0.05, 0) is 46.6 Å². The number of ether oxygens (including phenoxy) is 3. The van der Waals surface area contributed by atoms with Crippen molar-refractivity contribution in [3.63, 3.8) is 0 Å². The average molecular weight is 411 g/mol. The predicted octanol–water partition coefficient (Wildman–Crippen LogP) is 3.31. The van der Waals surface area contributed by atoms with Crippen molar-refractivity contribution in [1.29, 1.82) is 0 Å². The minimum Gasteiger partial charge on any atom is -0.444 e. The molecule has 0 aliphatic heterocycles. The molecule has 0 aliphatic carbocycles. The Morgan fingerprint density at radius 3 is 2.41 bits per heavy atom. The van der Waals surface area contributed by atoms with E-state index in [9.17, 15) is 9.59 Å². The second-order valence-electron chi connectivity index (χ2n) is 7.54. The molecule has 0 saturated heterocycles. The van der Waals surface area contributed by atoms with Gasteiger partial charge >= 0.3 is 6.09 Å². The van der Waals surface area contributed by atoms with E-state index in [0.717, 1.165) is 5.56 Å². The van der Waals surface area contributed by atoms with Gasteiger partial charge in [0.05, 0.1) is 19.3 Å². The minimum atomic E-state index is -0.614. The minimum absolute atomic E-state index is 0.154. The van der Waals surface area contributed by atoms with Crippen molar-refractivity contribution < 1.29 is 28.6 Å². The molecule has 164 valence electrons. The van der Waals surface area contributed by atoms with Gasteiger partial charge in [-0.1, -0.05) is 30.3 Å². The van der Waals surface area contributed by atoms with Gasteiger partial charge in [0.2, 0.25) is 5.91 Å². The summed E-state index contributed by atoms with van der Waals surface area (Å²) in [6, 6.07) is 9.11. The summed E-state index contributed by atoms with van der Waals surface area (Å²) < 4.78 is 16.2. The molecule has 1 aromatic rings. The molecule has 1 rings (SSSR count). The number of alkyl carbamates (subject to hydrolysis) is 1. The molecular weight excluding hydrogens is 376 g/mol. The Labute approximate surface area is 173 Å². The first-order valence-electron chi connectivity index (χ1n) is 9.87. The summed E-state index contributed by atoms with van der Waals surface area (Å²) in [5.74, 6) is -0.283. The third-order valence-electron chi connectivity index (χ3n) is 3.64. The molecule has 0 spiro atoms. The SMILES string of the molecule is CCOC(C)OC[C@H](CCC(=O)NOCc1ccccc1)NC(=O)OC(C)(C)C. The first-order valence-corrected chi connectivity index (χ1v) is 9.87. The highest BCUT2D eigenvalue weighted by atomic mass is 16.7. The number of nitrogens with one attached hydrogen (secondary N) is 2. The number of hydroxylamine groups is 1. The molecule has 1 unspecified atom stereocenters. The van der Waals surface area contributed by atoms with E-state index in [2.05, 4.69) is 10.8 Å². The summed E-state index contributed by atoms with van der Waals surface area (Å²) in [6.45, 7) is 9.99. The standard InChI is InChI=1S/C21H34N2O6/c1-6-26-16(2)27-15-18(22-20(25)29-21(3,4)5)12-13-19(24)23-28-14-17-10-8-7-9-11-17/h7-11,16,18H,6,12-15H2,1-5H3,(H,22,25)(H,23,24)/t16?,18-/m0/s1. The van der Waals surface area contributed by atoms with Crippen LogP contribution in [0.15, 0.2) is 30.3 Å². The van der Waals surface area contributed by atoms with Crippen molar-refractivity contribution in [1.82, 2.24) is 10.8 Å². The van der Waals surface area contributed by atoms with Crippen LogP contribution in [0.3, 0.4) is 0 Å². The monoisotopic (exact) mass is 410 g/mol. The molecule has 0 radical (unpaired) electrons. The lowest BCUT2D eigenvalue weighted by molar-refractivity contribution is -0.136. The van der Waals surface area contributed by atoms with Crippen LogP contribution >= 0.6 is 0 Å². The van der Waals surface area contributed by atoms with Gasteiger partial charge < -0.3 is 19.5 Å². The number of carbonyl (C=O) groups is 2. The average Bonchev–Trinajstić information content (AvgIpc) is 2.63. The Morgan fingerprint density at radius 1 is 1.10 bits per heavy atom. The van der Waals surface area contributed by atoms with Gasteiger partial charge in [0.25, 0.3) is 0 Å². The van der Waals surface area contributed by atoms with Crippen LogP contribution in [-0.2, 0) is 30.4 Å². The lowest BCUT2D eigenvalue weighted by Crippen LogP contribution is -2.42. The van der Waals surface area contributed by atoms with Crippen LogP contribution in [0.25, 0.3) is 0 Å². The van der Waals surface area contributed by atoms with E-state index < -0.39 is 24.0 Å². The van der Waals surface area contributed by atoms with E-state index in [0.29, 0.717) is 13.0 Å². The fraction of sp³-hybridized carbons (Fsp3) is 0.619. The fourth-order valence-corrected chi connectivity index (χ4v) is 2.34. The molecule has 0 aromatic heterocycles. The molecule has 2 N–H and O–H groups in total. The summed E-state index contributed by atoms with van der Waals surface area (Å²) in [6.07, 6.45) is -0.456. The van der Waals surface area contributed by atoms with Crippen molar-refractivity contribution in [2.24, 2.45) is 0 Å². The number of carbonyl (C=O) groups excluding carboxylic acids is 2. The van der Waals surface area contributed by atoms with Crippen LogP contribution < -0.4 is 10.8 Å². The largest absolute Gasteiger partial charge is 0.444 e. The van der Waals surface area contributed by atoms with Gasteiger partial charge in [-0.15, -0.1) is 0 Å². The lowest BCUT2D eigenvalue weighted by Gasteiger charge is -2.24. The first kappa shape index (κ1) is 24.9. The number of amides is 2. The van der Waals surface area contributed by atoms with Gasteiger partial charge in [0.1, 0.15) is 5.60 Å². The molecule has 0 heterocycles. The summed E-state index contributed by atoms with van der Waals surface area (Å²) in [5.41, 5.74) is 2.75. The summed E-state index contributed by atoms with van der Waals surface area (Å²) in [5, 5.41) is 2.75. The van der Waals surface area contributed by atoms with E-state index >= 15 is 0 Å². The van der Waals surface area contributed by atoms with Gasteiger partial charge in [-0.25, -0.2) is 10.3 Å². The quantitative estimate of drug-likeness (QED) is 0.405. The lowest BCUT2D eigenvalue weighted by atomic mass is 10.1. The Morgan fingerprint density at radius 2 is 1.79 bits per heavy atom. The molecule has 0 fully saturated rings. The maximum absolute atomic E-state index is 12.1. The van der Waals surface area contributed by atoms with E-state index in [1.165, 1.54) is 0 Å². The van der Waals surface area contributed by atoms with Gasteiger partial charge in [0.15, 0.2) is 6.29 Å². The van der Waals surface area contributed by atoms with E-state index in [1.807, 2.05) is 37.3 Å². The number of rotatable bonds is 12. The van der Waals surface area contributed by atoms with Crippen LogP contribution in [0.2, 0.25) is 0 Å². The number of benzene rings is 1. The highest BCUT2D eigenvalue weighted by Crippen LogP contribution is 2.09. The summed E-state index contributed by atoms with van der Waals surface area (Å²) in [7, 11) is 0. The Balaban J connectivity index is 2.44. The van der Waals surface area contributed by atoms with E-state index in [1.54, 1.807) is 27.7 Å². The molecule has 8 heteroatoms. The van der Waals surface area contributed by atoms with Crippen LogP contribution in [-0.4, -0.2) is 43.1 Å². The number of hydrogen-bond donors (Lipinski definition) is 2. The Hall–Kier alpha value is -2.16. The molecule has 0 saturated carbocycles. The van der Waals surface area contributed by atoms with Gasteiger partial charge in [0, 0.05) is 13.0 Å². The van der Waals surface area contributed by atoms with Crippen molar-refractivity contribution in [3.8, 4) is 0 Å². The van der Waals surface area contributed by atoms with Gasteiger partial charge in [-0.3, -0.25) is 9.63 Å². The predicted molar refractivity (Wildman–Crippen MR) is 109 cm³/mol. The van der Waals surface area contributed by atoms with Crippen molar-refractivity contribution in [2.75, 3.05) is 13.2 Å². The maximum Gasteiger partial charge on any atom is 0.407 e. The second-order valence-corrected chi connectivity index (χ2v) is 7.54. The molecular formula is C21H34N2O6. The van der Waals surface area contributed by atoms with Crippen molar-refractivity contribution >= 4 is 12.0 Å². The number of hydrogen-bond acceptors (Lipinski definition) is 6. The van der Waals surface area contributed by atoms with Crippen LogP contribution in [0.1, 0.15) is 53.0 Å². The van der Waals surface area contributed by atoms with Crippen LogP contribution in [0.5, 0.6) is 0 Å². The second kappa shape index (κ2) is 13.1. The normalized spacial score (nSPS) is 13.4. The highest BCUT2D eigenvalue weighted by molar-refractivity contribution is 5.75. The molecule has 0 aliphatic rings. The first-order chi connectivity index (χ1) is 13.7. The molecule has 29 heavy (non-hydrogen) atoms. The topological polar surface area (TPSA) is 95.1 Å². The zero-order valence-electron chi connectivity index (χ0n) is 18.0. The third-order valence-corrected chi connectivity index (χ3v) is 3.64. The molecule has 0 bridgehead atoms. The smallest absolute Gasteiger partial charge is 0.407 e. The van der Waals surface area contributed by atoms with Crippen LogP contribution in [0, 0.1) is 0 Å². The summed E-state index contributed by atoms with van der Waals surface area (Å²) in [4.78, 5) is 29.3. The molecule has 1 aromatic carbocycles. The Bertz CT molecular complexity index is 603. The molecule has 2 amide bonds. The van der Waals surface area contributed by atoms with Gasteiger partial charge in [-0.2, -0.15) is 0 Å². The summed E-state index contributed by atoms with van der Waals surface area (Å²) >= 11 is 0. The van der Waals surface area contributed by atoms with Crippen LogP contribution in [0.4, 0.5) is 4.79 Å². The molecule has 8 nitrogen and oxygen atoms in total. The Kier molecular flexibility index (Phi) is 11.3. The zero-order chi connectivity index (χ0) is 21.7. The van der Waals surface area contributed by atoms with E-state index in [4.69, 9.17) is 19.0 Å². The zero-order valence-corrected chi connectivity index (χ0v) is 18.0. The molecule has 2 atom stereocenters. The third kappa shape index (κ3) is 12.8. The van der Waals surface area contributed by atoms with Crippen molar-refractivity contribution in [2.45, 2.75) is 72.0 Å².